The van der Waals surface area contributed by atoms with E-state index in [2.05, 4.69) is 24.2 Å². The van der Waals surface area contributed by atoms with Crippen LogP contribution in [0, 0.1) is 0 Å². The van der Waals surface area contributed by atoms with Crippen LogP contribution < -0.4 is 5.32 Å². The Labute approximate surface area is 125 Å². The number of nitrogens with one attached hydrogen (secondary N) is 1. The minimum Gasteiger partial charge on any atom is -0.480 e. The first kappa shape index (κ1) is 16.0. The molecule has 21 heavy (non-hydrogen) atoms. The zero-order chi connectivity index (χ0) is 15.6. The summed E-state index contributed by atoms with van der Waals surface area (Å²) in [5.41, 5.74) is 0. The first-order chi connectivity index (χ1) is 9.92. The Kier molecular flexibility index (Phi) is 5.05. The van der Waals surface area contributed by atoms with Crippen molar-refractivity contribution in [3.63, 3.8) is 0 Å². The van der Waals surface area contributed by atoms with Crippen molar-refractivity contribution in [2.24, 2.45) is 0 Å². The predicted octanol–water partition coefficient (Wildman–Crippen LogP) is 0.353. The zero-order valence-corrected chi connectivity index (χ0v) is 12.9. The van der Waals surface area contributed by atoms with Gasteiger partial charge >= 0.3 is 12.0 Å². The molecule has 0 aliphatic carbocycles. The van der Waals surface area contributed by atoms with E-state index in [0.29, 0.717) is 19.0 Å². The van der Waals surface area contributed by atoms with Crippen LogP contribution in [0.5, 0.6) is 0 Å². The van der Waals surface area contributed by atoms with E-state index >= 15 is 0 Å². The summed E-state index contributed by atoms with van der Waals surface area (Å²) in [6.07, 6.45) is 1.93. The number of urea groups is 1. The minimum atomic E-state index is -0.971. The number of carboxylic acid groups (broad SMARTS) is 1. The third-order valence-corrected chi connectivity index (χ3v) is 4.68. The molecule has 0 aromatic heterocycles. The molecule has 7 heteroatoms. The summed E-state index contributed by atoms with van der Waals surface area (Å²) in [7, 11) is 3.62. The van der Waals surface area contributed by atoms with Gasteiger partial charge in [-0.15, -0.1) is 0 Å². The summed E-state index contributed by atoms with van der Waals surface area (Å²) in [6.45, 7) is 3.41. The van der Waals surface area contributed by atoms with Crippen LogP contribution in [0.4, 0.5) is 4.79 Å². The summed E-state index contributed by atoms with van der Waals surface area (Å²) in [6, 6.07) is -0.549. The summed E-state index contributed by atoms with van der Waals surface area (Å²) < 4.78 is 5.20. The van der Waals surface area contributed by atoms with Gasteiger partial charge in [-0.2, -0.15) is 0 Å². The number of carbonyl (C=O) groups is 2. The van der Waals surface area contributed by atoms with Crippen molar-refractivity contribution in [1.29, 1.82) is 0 Å². The van der Waals surface area contributed by atoms with E-state index in [9.17, 15) is 14.7 Å². The van der Waals surface area contributed by atoms with E-state index in [1.165, 1.54) is 4.90 Å². The van der Waals surface area contributed by atoms with Crippen molar-refractivity contribution in [2.75, 3.05) is 27.2 Å². The first-order valence-corrected chi connectivity index (χ1v) is 7.45. The second-order valence-electron chi connectivity index (χ2n) is 6.10. The van der Waals surface area contributed by atoms with Gasteiger partial charge in [0.2, 0.25) is 0 Å². The van der Waals surface area contributed by atoms with E-state index in [1.54, 1.807) is 7.11 Å². The molecule has 0 bridgehead atoms. The first-order valence-electron chi connectivity index (χ1n) is 7.45. The minimum absolute atomic E-state index is 0.111. The van der Waals surface area contributed by atoms with E-state index in [0.717, 1.165) is 19.4 Å². The molecule has 7 nitrogen and oxygen atoms in total. The molecule has 2 aliphatic heterocycles. The number of amides is 2. The number of piperidine rings is 1. The molecule has 2 saturated heterocycles. The fourth-order valence-electron chi connectivity index (χ4n) is 3.10. The van der Waals surface area contributed by atoms with Gasteiger partial charge in [0.15, 0.2) is 0 Å². The number of hydrogen-bond acceptors (Lipinski definition) is 4. The van der Waals surface area contributed by atoms with Crippen LogP contribution in [-0.2, 0) is 9.53 Å². The largest absolute Gasteiger partial charge is 0.480 e. The molecule has 2 heterocycles. The molecule has 2 aliphatic rings. The predicted molar refractivity (Wildman–Crippen MR) is 77.2 cm³/mol. The lowest BCUT2D eigenvalue weighted by molar-refractivity contribution is -0.141. The third-order valence-electron chi connectivity index (χ3n) is 4.68. The topological polar surface area (TPSA) is 82.1 Å². The van der Waals surface area contributed by atoms with Crippen molar-refractivity contribution in [2.45, 2.75) is 50.4 Å². The Bertz CT molecular complexity index is 404. The lowest BCUT2D eigenvalue weighted by Crippen LogP contribution is -2.53. The van der Waals surface area contributed by atoms with E-state index in [1.807, 2.05) is 0 Å². The highest BCUT2D eigenvalue weighted by Crippen LogP contribution is 2.21. The summed E-state index contributed by atoms with van der Waals surface area (Å²) in [5.74, 6) is -0.971. The standard InChI is InChI=1S/C14H25N3O4/c1-9-6-10(4-5-16(9)2)15-14(20)17-8-11(21-3)7-12(17)13(18)19/h9-12H,4-8H2,1-3H3,(H,15,20)(H,18,19). The van der Waals surface area contributed by atoms with Crippen molar-refractivity contribution in [1.82, 2.24) is 15.1 Å². The molecule has 2 amide bonds. The number of likely N-dealkylation sites (tertiary alicyclic amines) is 2. The van der Waals surface area contributed by atoms with Gasteiger partial charge in [-0.3, -0.25) is 0 Å². The van der Waals surface area contributed by atoms with E-state index < -0.39 is 12.0 Å². The summed E-state index contributed by atoms with van der Waals surface area (Å²) >= 11 is 0. The average Bonchev–Trinajstić information content (AvgIpc) is 2.87. The van der Waals surface area contributed by atoms with Gasteiger partial charge in [-0.1, -0.05) is 0 Å². The summed E-state index contributed by atoms with van der Waals surface area (Å²) in [5, 5.41) is 12.2. The Morgan fingerprint density at radius 3 is 2.62 bits per heavy atom. The highest BCUT2D eigenvalue weighted by atomic mass is 16.5. The normalized spacial score (nSPS) is 34.0. The summed E-state index contributed by atoms with van der Waals surface area (Å²) in [4.78, 5) is 27.3. The lowest BCUT2D eigenvalue weighted by Gasteiger charge is -2.36. The second kappa shape index (κ2) is 6.62. The Hall–Kier alpha value is -1.34. The number of methoxy groups -OCH3 is 1. The number of hydrogen-bond donors (Lipinski definition) is 2. The highest BCUT2D eigenvalue weighted by molar-refractivity contribution is 5.83. The van der Waals surface area contributed by atoms with E-state index in [-0.39, 0.29) is 18.2 Å². The van der Waals surface area contributed by atoms with E-state index in [4.69, 9.17) is 4.74 Å². The fraction of sp³-hybridized carbons (Fsp3) is 0.857. The molecule has 0 saturated carbocycles. The zero-order valence-electron chi connectivity index (χ0n) is 12.9. The number of aliphatic carboxylic acids is 1. The maximum absolute atomic E-state index is 12.4. The number of rotatable bonds is 3. The molecule has 2 N–H and O–H groups in total. The Balaban J connectivity index is 1.94. The third kappa shape index (κ3) is 3.65. The molecule has 0 aromatic rings. The van der Waals surface area contributed by atoms with Gasteiger partial charge in [0, 0.05) is 38.7 Å². The number of carboxylic acids is 1. The number of nitrogens with zero attached hydrogens (tertiary/aromatic N) is 2. The maximum Gasteiger partial charge on any atom is 0.326 e. The Morgan fingerprint density at radius 2 is 2.05 bits per heavy atom. The van der Waals surface area contributed by atoms with Crippen molar-refractivity contribution >= 4 is 12.0 Å². The van der Waals surface area contributed by atoms with Crippen LogP contribution in [0.25, 0.3) is 0 Å². The van der Waals surface area contributed by atoms with Gasteiger partial charge < -0.3 is 25.0 Å². The molecular weight excluding hydrogens is 274 g/mol. The fourth-order valence-corrected chi connectivity index (χ4v) is 3.10. The van der Waals surface area contributed by atoms with Crippen LogP contribution in [0.2, 0.25) is 0 Å². The van der Waals surface area contributed by atoms with Gasteiger partial charge in [0.1, 0.15) is 6.04 Å². The van der Waals surface area contributed by atoms with Crippen LogP contribution in [0.15, 0.2) is 0 Å². The Morgan fingerprint density at radius 1 is 1.33 bits per heavy atom. The maximum atomic E-state index is 12.4. The van der Waals surface area contributed by atoms with Gasteiger partial charge in [-0.25, -0.2) is 9.59 Å². The molecule has 120 valence electrons. The highest BCUT2D eigenvalue weighted by Gasteiger charge is 2.40. The smallest absolute Gasteiger partial charge is 0.326 e. The molecular formula is C14H25N3O4. The van der Waals surface area contributed by atoms with Crippen LogP contribution in [0.3, 0.4) is 0 Å². The van der Waals surface area contributed by atoms with Crippen molar-refractivity contribution in [3.05, 3.63) is 0 Å². The van der Waals surface area contributed by atoms with Gasteiger partial charge in [0.05, 0.1) is 6.10 Å². The quantitative estimate of drug-likeness (QED) is 0.786. The number of carbonyl (C=O) groups excluding carboxylic acids is 1. The molecule has 0 radical (unpaired) electrons. The monoisotopic (exact) mass is 299 g/mol. The molecule has 0 spiro atoms. The van der Waals surface area contributed by atoms with Crippen LogP contribution in [0.1, 0.15) is 26.2 Å². The van der Waals surface area contributed by atoms with Crippen LogP contribution in [-0.4, -0.2) is 78.4 Å². The number of ether oxygens (including phenoxy) is 1. The second-order valence-corrected chi connectivity index (χ2v) is 6.10. The van der Waals surface area contributed by atoms with Gasteiger partial charge in [-0.05, 0) is 26.8 Å². The van der Waals surface area contributed by atoms with Crippen molar-refractivity contribution in [3.8, 4) is 0 Å². The SMILES string of the molecule is COC1CC(C(=O)O)N(C(=O)NC2CCN(C)C(C)C2)C1. The van der Waals surface area contributed by atoms with Gasteiger partial charge in [0.25, 0.3) is 0 Å². The molecule has 0 aromatic carbocycles. The molecule has 2 fully saturated rings. The molecule has 4 unspecified atom stereocenters. The average molecular weight is 299 g/mol. The lowest BCUT2D eigenvalue weighted by atomic mass is 9.99. The van der Waals surface area contributed by atoms with Crippen LogP contribution >= 0.6 is 0 Å². The van der Waals surface area contributed by atoms with Crippen molar-refractivity contribution < 1.29 is 19.4 Å². The molecule has 4 atom stereocenters. The molecule has 2 rings (SSSR count).